The first-order valence-corrected chi connectivity index (χ1v) is 5.94. The molecule has 1 N–H and O–H groups in total. The fourth-order valence-corrected chi connectivity index (χ4v) is 2.01. The molecule has 0 aliphatic carbocycles. The van der Waals surface area contributed by atoms with Gasteiger partial charge in [-0.2, -0.15) is 0 Å². The third-order valence-electron chi connectivity index (χ3n) is 3.36. The zero-order valence-corrected chi connectivity index (χ0v) is 10.4. The number of hydrogen-bond acceptors (Lipinski definition) is 3. The van der Waals surface area contributed by atoms with Crippen LogP contribution in [0.2, 0.25) is 0 Å². The quantitative estimate of drug-likeness (QED) is 0.836. The summed E-state index contributed by atoms with van der Waals surface area (Å²) in [6.45, 7) is 3.03. The Balaban J connectivity index is 1.94. The smallest absolute Gasteiger partial charge is 0.123 e. The van der Waals surface area contributed by atoms with Crippen molar-refractivity contribution in [2.45, 2.75) is 12.5 Å². The second kappa shape index (κ2) is 5.47. The summed E-state index contributed by atoms with van der Waals surface area (Å²) in [4.78, 5) is 2.31. The van der Waals surface area contributed by atoms with Crippen molar-refractivity contribution in [3.05, 3.63) is 29.6 Å². The van der Waals surface area contributed by atoms with Gasteiger partial charge in [0.2, 0.25) is 0 Å². The van der Waals surface area contributed by atoms with Crippen molar-refractivity contribution in [1.29, 1.82) is 0 Å². The number of ether oxygens (including phenoxy) is 1. The molecule has 0 spiro atoms. The summed E-state index contributed by atoms with van der Waals surface area (Å²) >= 11 is 0. The van der Waals surface area contributed by atoms with Crippen LogP contribution in [0.1, 0.15) is 5.56 Å². The number of rotatable bonds is 5. The van der Waals surface area contributed by atoms with Crippen molar-refractivity contribution in [3.8, 4) is 5.75 Å². The van der Waals surface area contributed by atoms with Crippen molar-refractivity contribution < 1.29 is 9.13 Å². The Morgan fingerprint density at radius 1 is 1.47 bits per heavy atom. The summed E-state index contributed by atoms with van der Waals surface area (Å²) in [7, 11) is 3.73. The standard InChI is InChI=1S/C13H19FN2O/c1-16(12-8-15-9-12)6-5-10-7-11(14)3-4-13(10)17-2/h3-4,7,12,15H,5-6,8-9H2,1-2H3. The lowest BCUT2D eigenvalue weighted by Crippen LogP contribution is -2.56. The third kappa shape index (κ3) is 2.96. The van der Waals surface area contributed by atoms with Gasteiger partial charge in [-0.25, -0.2) is 4.39 Å². The lowest BCUT2D eigenvalue weighted by molar-refractivity contribution is 0.182. The third-order valence-corrected chi connectivity index (χ3v) is 3.36. The van der Waals surface area contributed by atoms with Crippen molar-refractivity contribution in [3.63, 3.8) is 0 Å². The van der Waals surface area contributed by atoms with Crippen LogP contribution in [0.3, 0.4) is 0 Å². The van der Waals surface area contributed by atoms with Gasteiger partial charge in [-0.05, 0) is 37.2 Å². The van der Waals surface area contributed by atoms with E-state index in [9.17, 15) is 4.39 Å². The predicted molar refractivity (Wildman–Crippen MR) is 65.9 cm³/mol. The van der Waals surface area contributed by atoms with Gasteiger partial charge in [-0.15, -0.1) is 0 Å². The van der Waals surface area contributed by atoms with E-state index in [0.29, 0.717) is 6.04 Å². The highest BCUT2D eigenvalue weighted by atomic mass is 19.1. The first kappa shape index (κ1) is 12.3. The van der Waals surface area contributed by atoms with Gasteiger partial charge < -0.3 is 15.0 Å². The summed E-state index contributed by atoms with van der Waals surface area (Å²) in [5.41, 5.74) is 0.937. The van der Waals surface area contributed by atoms with Crippen LogP contribution in [-0.4, -0.2) is 44.7 Å². The highest BCUT2D eigenvalue weighted by Crippen LogP contribution is 2.20. The molecule has 2 rings (SSSR count). The zero-order valence-electron chi connectivity index (χ0n) is 10.4. The minimum atomic E-state index is -0.200. The van der Waals surface area contributed by atoms with Crippen LogP contribution in [0, 0.1) is 5.82 Å². The Bertz CT molecular complexity index is 380. The molecule has 17 heavy (non-hydrogen) atoms. The Labute approximate surface area is 102 Å². The van der Waals surface area contributed by atoms with Gasteiger partial charge in [0.1, 0.15) is 11.6 Å². The molecule has 1 fully saturated rings. The van der Waals surface area contributed by atoms with Gasteiger partial charge in [0.05, 0.1) is 7.11 Å². The molecular weight excluding hydrogens is 219 g/mol. The van der Waals surface area contributed by atoms with Crippen LogP contribution < -0.4 is 10.1 Å². The molecule has 1 aromatic rings. The first-order valence-electron chi connectivity index (χ1n) is 5.94. The van der Waals surface area contributed by atoms with Crippen LogP contribution in [0.15, 0.2) is 18.2 Å². The molecule has 0 amide bonds. The molecule has 0 saturated carbocycles. The average molecular weight is 238 g/mol. The number of likely N-dealkylation sites (N-methyl/N-ethyl adjacent to an activating group) is 1. The van der Waals surface area contributed by atoms with E-state index in [0.717, 1.165) is 37.4 Å². The molecule has 0 aromatic heterocycles. The molecular formula is C13H19FN2O. The summed E-state index contributed by atoms with van der Waals surface area (Å²) in [6, 6.07) is 5.30. The van der Waals surface area contributed by atoms with Gasteiger partial charge in [0.25, 0.3) is 0 Å². The molecule has 1 heterocycles. The summed E-state index contributed by atoms with van der Waals surface area (Å²) in [6.07, 6.45) is 0.813. The van der Waals surface area contributed by atoms with Crippen molar-refractivity contribution in [2.75, 3.05) is 33.8 Å². The maximum Gasteiger partial charge on any atom is 0.123 e. The molecule has 0 unspecified atom stereocenters. The topological polar surface area (TPSA) is 24.5 Å². The van der Waals surface area contributed by atoms with Crippen molar-refractivity contribution in [2.24, 2.45) is 0 Å². The van der Waals surface area contributed by atoms with Gasteiger partial charge in [-0.3, -0.25) is 0 Å². The Hall–Kier alpha value is -1.13. The number of hydrogen-bond donors (Lipinski definition) is 1. The molecule has 1 aliphatic heterocycles. The van der Waals surface area contributed by atoms with Gasteiger partial charge >= 0.3 is 0 Å². The van der Waals surface area contributed by atoms with E-state index in [1.54, 1.807) is 19.2 Å². The molecule has 0 bridgehead atoms. The van der Waals surface area contributed by atoms with E-state index in [1.807, 2.05) is 0 Å². The second-order valence-corrected chi connectivity index (χ2v) is 4.50. The van der Waals surface area contributed by atoms with Crippen LogP contribution in [0.25, 0.3) is 0 Å². The zero-order chi connectivity index (χ0) is 12.3. The van der Waals surface area contributed by atoms with Crippen molar-refractivity contribution in [1.82, 2.24) is 10.2 Å². The lowest BCUT2D eigenvalue weighted by atomic mass is 10.1. The maximum absolute atomic E-state index is 13.2. The first-order chi connectivity index (χ1) is 8.20. The molecule has 3 nitrogen and oxygen atoms in total. The summed E-state index contributed by atoms with van der Waals surface area (Å²) in [5.74, 6) is 0.570. The van der Waals surface area contributed by atoms with Crippen LogP contribution in [-0.2, 0) is 6.42 Å². The SMILES string of the molecule is COc1ccc(F)cc1CCN(C)C1CNC1. The fraction of sp³-hybridized carbons (Fsp3) is 0.538. The molecule has 0 radical (unpaired) electrons. The maximum atomic E-state index is 13.2. The molecule has 94 valence electrons. The monoisotopic (exact) mass is 238 g/mol. The van der Waals surface area contributed by atoms with E-state index < -0.39 is 0 Å². The van der Waals surface area contributed by atoms with E-state index >= 15 is 0 Å². The lowest BCUT2D eigenvalue weighted by Gasteiger charge is -2.35. The number of nitrogens with one attached hydrogen (secondary N) is 1. The normalized spacial score (nSPS) is 16.0. The Morgan fingerprint density at radius 2 is 2.24 bits per heavy atom. The molecule has 4 heteroatoms. The van der Waals surface area contributed by atoms with Gasteiger partial charge in [0, 0.05) is 25.7 Å². The Morgan fingerprint density at radius 3 is 2.82 bits per heavy atom. The highest BCUT2D eigenvalue weighted by Gasteiger charge is 2.21. The van der Waals surface area contributed by atoms with E-state index in [2.05, 4.69) is 17.3 Å². The fourth-order valence-electron chi connectivity index (χ4n) is 2.01. The number of methoxy groups -OCH3 is 1. The summed E-state index contributed by atoms with van der Waals surface area (Å²) < 4.78 is 18.4. The van der Waals surface area contributed by atoms with Gasteiger partial charge in [-0.1, -0.05) is 0 Å². The number of benzene rings is 1. The van der Waals surface area contributed by atoms with Crippen molar-refractivity contribution >= 4 is 0 Å². The largest absolute Gasteiger partial charge is 0.496 e. The second-order valence-electron chi connectivity index (χ2n) is 4.50. The minimum absolute atomic E-state index is 0.200. The number of halogens is 1. The van der Waals surface area contributed by atoms with E-state index in [4.69, 9.17) is 4.74 Å². The van der Waals surface area contributed by atoms with E-state index in [-0.39, 0.29) is 5.82 Å². The predicted octanol–water partition coefficient (Wildman–Crippen LogP) is 1.28. The summed E-state index contributed by atoms with van der Waals surface area (Å²) in [5, 5.41) is 3.25. The van der Waals surface area contributed by atoms with E-state index in [1.165, 1.54) is 6.07 Å². The van der Waals surface area contributed by atoms with Crippen LogP contribution in [0.4, 0.5) is 4.39 Å². The van der Waals surface area contributed by atoms with Crippen LogP contribution >= 0.6 is 0 Å². The minimum Gasteiger partial charge on any atom is -0.496 e. The molecule has 1 aromatic carbocycles. The number of nitrogens with zero attached hydrogens (tertiary/aromatic N) is 1. The molecule has 1 saturated heterocycles. The molecule has 1 aliphatic rings. The highest BCUT2D eigenvalue weighted by molar-refractivity contribution is 5.34. The molecule has 0 atom stereocenters. The Kier molecular flexibility index (Phi) is 3.97. The van der Waals surface area contributed by atoms with Crippen LogP contribution in [0.5, 0.6) is 5.75 Å². The average Bonchev–Trinajstić information content (AvgIpc) is 2.24. The van der Waals surface area contributed by atoms with Gasteiger partial charge in [0.15, 0.2) is 0 Å².